The summed E-state index contributed by atoms with van der Waals surface area (Å²) in [6.07, 6.45) is 0. The molecule has 0 unspecified atom stereocenters. The predicted molar refractivity (Wildman–Crippen MR) is 74.8 cm³/mol. The minimum absolute atomic E-state index is 0.0356. The number of hydrogen-bond acceptors (Lipinski definition) is 4. The highest BCUT2D eigenvalue weighted by Crippen LogP contribution is 2.38. The maximum absolute atomic E-state index is 12.1. The van der Waals surface area contributed by atoms with Crippen molar-refractivity contribution >= 4 is 33.6 Å². The van der Waals surface area contributed by atoms with Gasteiger partial charge in [-0.15, -0.1) is 22.7 Å². The van der Waals surface area contributed by atoms with Crippen molar-refractivity contribution in [3.8, 4) is 10.4 Å². The first kappa shape index (κ1) is 12.1. The minimum Gasteiger partial charge on any atom is -0.390 e. The number of amides is 1. The second kappa shape index (κ2) is 4.50. The molecule has 0 fully saturated rings. The maximum Gasteiger partial charge on any atom is 0.256 e. The van der Waals surface area contributed by atoms with Crippen LogP contribution in [0.1, 0.15) is 15.9 Å². The molecule has 2 N–H and O–H groups in total. The van der Waals surface area contributed by atoms with Gasteiger partial charge in [0.05, 0.1) is 10.6 Å². The standard InChI is InChI=1S/C12H14N2OS2/c1-7-4-5-16-10(7)8-6-17-11(13)9(8)12(15)14(2)3/h4-6H,13H2,1-3H3. The zero-order chi connectivity index (χ0) is 12.6. The van der Waals surface area contributed by atoms with E-state index in [1.807, 2.05) is 17.7 Å². The molecule has 0 aliphatic heterocycles. The Balaban J connectivity index is 2.58. The van der Waals surface area contributed by atoms with Crippen molar-refractivity contribution in [2.24, 2.45) is 0 Å². The van der Waals surface area contributed by atoms with Crippen molar-refractivity contribution < 1.29 is 4.79 Å². The van der Waals surface area contributed by atoms with Crippen LogP contribution in [-0.4, -0.2) is 24.9 Å². The largest absolute Gasteiger partial charge is 0.390 e. The predicted octanol–water partition coefficient (Wildman–Crippen LogP) is 3.07. The van der Waals surface area contributed by atoms with Crippen molar-refractivity contribution in [1.82, 2.24) is 4.90 Å². The van der Waals surface area contributed by atoms with Crippen molar-refractivity contribution in [1.29, 1.82) is 0 Å². The van der Waals surface area contributed by atoms with Crippen molar-refractivity contribution in [2.45, 2.75) is 6.92 Å². The molecule has 2 rings (SSSR count). The summed E-state index contributed by atoms with van der Waals surface area (Å²) in [7, 11) is 3.48. The molecule has 3 nitrogen and oxygen atoms in total. The number of rotatable bonds is 2. The number of anilines is 1. The fraction of sp³-hybridized carbons (Fsp3) is 0.250. The summed E-state index contributed by atoms with van der Waals surface area (Å²) in [6.45, 7) is 2.05. The van der Waals surface area contributed by atoms with Gasteiger partial charge in [-0.1, -0.05) is 0 Å². The monoisotopic (exact) mass is 266 g/mol. The topological polar surface area (TPSA) is 46.3 Å². The molecule has 17 heavy (non-hydrogen) atoms. The van der Waals surface area contributed by atoms with E-state index in [4.69, 9.17) is 5.73 Å². The van der Waals surface area contributed by atoms with Gasteiger partial charge in [-0.05, 0) is 23.9 Å². The van der Waals surface area contributed by atoms with Crippen molar-refractivity contribution in [3.63, 3.8) is 0 Å². The first-order valence-corrected chi connectivity index (χ1v) is 6.91. The molecule has 1 amide bonds. The van der Waals surface area contributed by atoms with Gasteiger partial charge in [0.15, 0.2) is 0 Å². The number of nitrogens with two attached hydrogens (primary N) is 1. The molecule has 90 valence electrons. The summed E-state index contributed by atoms with van der Waals surface area (Å²) in [6, 6.07) is 2.05. The molecular formula is C12H14N2OS2. The summed E-state index contributed by atoms with van der Waals surface area (Å²) in [5.41, 5.74) is 8.68. The lowest BCUT2D eigenvalue weighted by molar-refractivity contribution is 0.0830. The van der Waals surface area contributed by atoms with E-state index in [0.717, 1.165) is 10.4 Å². The normalized spacial score (nSPS) is 10.5. The molecule has 0 atom stereocenters. The zero-order valence-electron chi connectivity index (χ0n) is 9.98. The van der Waals surface area contributed by atoms with Gasteiger partial charge in [-0.25, -0.2) is 0 Å². The first-order valence-electron chi connectivity index (χ1n) is 5.15. The van der Waals surface area contributed by atoms with E-state index in [1.165, 1.54) is 16.9 Å². The lowest BCUT2D eigenvalue weighted by Gasteiger charge is -2.11. The highest BCUT2D eigenvalue weighted by atomic mass is 32.1. The van der Waals surface area contributed by atoms with Crippen LogP contribution in [0.4, 0.5) is 5.00 Å². The van der Waals surface area contributed by atoms with Crippen LogP contribution in [0.15, 0.2) is 16.8 Å². The molecule has 0 aliphatic rings. The van der Waals surface area contributed by atoms with E-state index < -0.39 is 0 Å². The molecule has 0 radical (unpaired) electrons. The van der Waals surface area contributed by atoms with Gasteiger partial charge >= 0.3 is 0 Å². The Bertz CT molecular complexity index is 555. The summed E-state index contributed by atoms with van der Waals surface area (Å²) >= 11 is 3.06. The molecule has 2 aromatic heterocycles. The van der Waals surface area contributed by atoms with Gasteiger partial charge < -0.3 is 10.6 Å². The van der Waals surface area contributed by atoms with Gasteiger partial charge in [-0.3, -0.25) is 4.79 Å². The molecular weight excluding hydrogens is 252 g/mol. The molecule has 2 heterocycles. The molecule has 0 spiro atoms. The summed E-state index contributed by atoms with van der Waals surface area (Å²) in [5, 5.41) is 4.58. The highest BCUT2D eigenvalue weighted by Gasteiger charge is 2.21. The number of nitrogen functional groups attached to an aromatic ring is 1. The number of hydrogen-bond donors (Lipinski definition) is 1. The van der Waals surface area contributed by atoms with Crippen LogP contribution in [-0.2, 0) is 0 Å². The third kappa shape index (κ3) is 2.08. The lowest BCUT2D eigenvalue weighted by Crippen LogP contribution is -2.22. The van der Waals surface area contributed by atoms with E-state index in [2.05, 4.69) is 6.07 Å². The fourth-order valence-electron chi connectivity index (χ4n) is 1.63. The number of aryl methyl sites for hydroxylation is 1. The van der Waals surface area contributed by atoms with Gasteiger partial charge in [0.2, 0.25) is 0 Å². The molecule has 0 aliphatic carbocycles. The van der Waals surface area contributed by atoms with Gasteiger partial charge in [-0.2, -0.15) is 0 Å². The van der Waals surface area contributed by atoms with Crippen LogP contribution in [0.2, 0.25) is 0 Å². The number of carbonyl (C=O) groups is 1. The zero-order valence-corrected chi connectivity index (χ0v) is 11.6. The van der Waals surface area contributed by atoms with Crippen LogP contribution in [0.5, 0.6) is 0 Å². The van der Waals surface area contributed by atoms with Crippen LogP contribution in [0, 0.1) is 6.92 Å². The average Bonchev–Trinajstić information content (AvgIpc) is 2.83. The second-order valence-electron chi connectivity index (χ2n) is 4.02. The van der Waals surface area contributed by atoms with Gasteiger partial charge in [0.1, 0.15) is 0 Å². The Kier molecular flexibility index (Phi) is 3.22. The van der Waals surface area contributed by atoms with Crippen LogP contribution in [0.3, 0.4) is 0 Å². The smallest absolute Gasteiger partial charge is 0.256 e. The highest BCUT2D eigenvalue weighted by molar-refractivity contribution is 7.16. The lowest BCUT2D eigenvalue weighted by atomic mass is 10.1. The number of thiophene rings is 2. The molecule has 2 aromatic rings. The van der Waals surface area contributed by atoms with E-state index >= 15 is 0 Å². The Morgan fingerprint density at radius 2 is 2.06 bits per heavy atom. The Morgan fingerprint density at radius 1 is 1.35 bits per heavy atom. The fourth-order valence-corrected chi connectivity index (χ4v) is 3.45. The SMILES string of the molecule is Cc1ccsc1-c1csc(N)c1C(=O)N(C)C. The average molecular weight is 266 g/mol. The number of carbonyl (C=O) groups excluding carboxylic acids is 1. The first-order chi connectivity index (χ1) is 8.02. The van der Waals surface area contributed by atoms with Crippen LogP contribution in [0.25, 0.3) is 10.4 Å². The molecule has 0 bridgehead atoms. The third-order valence-electron chi connectivity index (χ3n) is 2.55. The number of nitrogens with zero attached hydrogens (tertiary/aromatic N) is 1. The molecule has 0 saturated heterocycles. The van der Waals surface area contributed by atoms with E-state index in [1.54, 1.807) is 30.3 Å². The third-order valence-corrected chi connectivity index (χ3v) is 4.41. The van der Waals surface area contributed by atoms with E-state index in [0.29, 0.717) is 10.6 Å². The van der Waals surface area contributed by atoms with Gasteiger partial charge in [0, 0.05) is 29.9 Å². The van der Waals surface area contributed by atoms with E-state index in [-0.39, 0.29) is 5.91 Å². The molecule has 0 saturated carbocycles. The van der Waals surface area contributed by atoms with E-state index in [9.17, 15) is 4.79 Å². The van der Waals surface area contributed by atoms with Crippen LogP contribution < -0.4 is 5.73 Å². The molecule has 0 aromatic carbocycles. The summed E-state index contributed by atoms with van der Waals surface area (Å²) < 4.78 is 0. The van der Waals surface area contributed by atoms with Crippen molar-refractivity contribution in [3.05, 3.63) is 28.0 Å². The summed E-state index contributed by atoms with van der Waals surface area (Å²) in [4.78, 5) is 14.8. The minimum atomic E-state index is -0.0356. The quantitative estimate of drug-likeness (QED) is 0.908. The Morgan fingerprint density at radius 3 is 2.59 bits per heavy atom. The Hall–Kier alpha value is -1.33. The molecule has 5 heteroatoms. The van der Waals surface area contributed by atoms with Gasteiger partial charge in [0.25, 0.3) is 5.91 Å². The van der Waals surface area contributed by atoms with Crippen LogP contribution >= 0.6 is 22.7 Å². The maximum atomic E-state index is 12.1. The summed E-state index contributed by atoms with van der Waals surface area (Å²) in [5.74, 6) is -0.0356. The second-order valence-corrected chi connectivity index (χ2v) is 5.85. The van der Waals surface area contributed by atoms with Crippen molar-refractivity contribution in [2.75, 3.05) is 19.8 Å². The Labute approximate surface area is 108 Å².